The summed E-state index contributed by atoms with van der Waals surface area (Å²) in [4.78, 5) is 25.8. The van der Waals surface area contributed by atoms with E-state index in [0.29, 0.717) is 6.42 Å². The molecule has 1 heterocycles. The number of pyridine rings is 1. The Hall–Kier alpha value is -1.91. The van der Waals surface area contributed by atoms with Crippen molar-refractivity contribution < 1.29 is 19.4 Å². The molecule has 5 nitrogen and oxygen atoms in total. The van der Waals surface area contributed by atoms with Crippen molar-refractivity contribution >= 4 is 11.9 Å². The first-order chi connectivity index (χ1) is 8.49. The number of rotatable bonds is 6. The lowest BCUT2D eigenvalue weighted by molar-refractivity contribution is -0.145. The van der Waals surface area contributed by atoms with Crippen molar-refractivity contribution in [3.05, 3.63) is 29.1 Å². The number of aliphatic carboxylic acids is 1. The number of hydrogen-bond acceptors (Lipinski definition) is 4. The molecule has 18 heavy (non-hydrogen) atoms. The van der Waals surface area contributed by atoms with Crippen molar-refractivity contribution in [1.29, 1.82) is 0 Å². The Labute approximate surface area is 106 Å². The van der Waals surface area contributed by atoms with Gasteiger partial charge < -0.3 is 9.84 Å². The molecule has 0 saturated heterocycles. The van der Waals surface area contributed by atoms with Crippen LogP contribution in [0.15, 0.2) is 12.3 Å². The predicted molar refractivity (Wildman–Crippen MR) is 65.0 cm³/mol. The molecule has 0 unspecified atom stereocenters. The van der Waals surface area contributed by atoms with Crippen LogP contribution in [0.25, 0.3) is 0 Å². The molecular weight excluding hydrogens is 234 g/mol. The molecule has 0 aliphatic heterocycles. The fourth-order valence-electron chi connectivity index (χ4n) is 1.50. The highest BCUT2D eigenvalue weighted by molar-refractivity contribution is 5.71. The lowest BCUT2D eigenvalue weighted by Gasteiger charge is -2.07. The van der Waals surface area contributed by atoms with Crippen LogP contribution in [0, 0.1) is 13.8 Å². The van der Waals surface area contributed by atoms with Crippen molar-refractivity contribution in [3.8, 4) is 0 Å². The van der Waals surface area contributed by atoms with E-state index in [-0.39, 0.29) is 19.4 Å². The average Bonchev–Trinajstić information content (AvgIpc) is 2.27. The molecule has 98 valence electrons. The van der Waals surface area contributed by atoms with Gasteiger partial charge in [0.2, 0.25) is 0 Å². The van der Waals surface area contributed by atoms with E-state index < -0.39 is 11.9 Å². The highest BCUT2D eigenvalue weighted by Crippen LogP contribution is 2.09. The number of aromatic nitrogens is 1. The zero-order valence-electron chi connectivity index (χ0n) is 10.6. The van der Waals surface area contributed by atoms with Crippen LogP contribution in [0.1, 0.15) is 36.1 Å². The van der Waals surface area contributed by atoms with Crippen LogP contribution in [-0.2, 0) is 20.9 Å². The molecule has 0 aliphatic rings. The van der Waals surface area contributed by atoms with E-state index in [1.165, 1.54) is 0 Å². The molecule has 0 bridgehead atoms. The topological polar surface area (TPSA) is 76.5 Å². The fourth-order valence-corrected chi connectivity index (χ4v) is 1.50. The van der Waals surface area contributed by atoms with E-state index in [4.69, 9.17) is 9.84 Å². The van der Waals surface area contributed by atoms with Gasteiger partial charge in [-0.05, 0) is 31.4 Å². The Morgan fingerprint density at radius 2 is 2.06 bits per heavy atom. The molecule has 1 rings (SSSR count). The van der Waals surface area contributed by atoms with Gasteiger partial charge in [-0.2, -0.15) is 0 Å². The summed E-state index contributed by atoms with van der Waals surface area (Å²) in [5.74, 6) is -1.29. The number of aryl methyl sites for hydroxylation is 2. The molecule has 0 aliphatic carbocycles. The van der Waals surface area contributed by atoms with Gasteiger partial charge in [-0.25, -0.2) is 0 Å². The molecule has 0 atom stereocenters. The minimum Gasteiger partial charge on any atom is -0.481 e. The molecule has 1 N–H and O–H groups in total. The first-order valence-corrected chi connectivity index (χ1v) is 5.78. The summed E-state index contributed by atoms with van der Waals surface area (Å²) in [6, 6.07) is 1.97. The number of carbonyl (C=O) groups excluding carboxylic acids is 1. The Bertz CT molecular complexity index is 443. The highest BCUT2D eigenvalue weighted by atomic mass is 16.5. The smallest absolute Gasteiger partial charge is 0.306 e. The third-order valence-electron chi connectivity index (χ3n) is 2.46. The minimum absolute atomic E-state index is 0.0170. The maximum absolute atomic E-state index is 11.3. The van der Waals surface area contributed by atoms with E-state index in [9.17, 15) is 9.59 Å². The van der Waals surface area contributed by atoms with E-state index in [1.54, 1.807) is 6.20 Å². The standard InChI is InChI=1S/C13H17NO4/c1-9-6-10(2)11(14-7-9)8-18-13(17)5-3-4-12(15)16/h6-7H,3-5,8H2,1-2H3,(H,15,16). The van der Waals surface area contributed by atoms with E-state index in [2.05, 4.69) is 4.98 Å². The summed E-state index contributed by atoms with van der Waals surface area (Å²) in [5.41, 5.74) is 2.77. The van der Waals surface area contributed by atoms with Gasteiger partial charge in [0.15, 0.2) is 0 Å². The van der Waals surface area contributed by atoms with Crippen molar-refractivity contribution in [3.63, 3.8) is 0 Å². The summed E-state index contributed by atoms with van der Waals surface area (Å²) in [5, 5.41) is 8.43. The monoisotopic (exact) mass is 251 g/mol. The molecule has 1 aromatic rings. The van der Waals surface area contributed by atoms with Gasteiger partial charge in [-0.15, -0.1) is 0 Å². The maximum atomic E-state index is 11.3. The van der Waals surface area contributed by atoms with Gasteiger partial charge in [-0.1, -0.05) is 6.07 Å². The lowest BCUT2D eigenvalue weighted by atomic mass is 10.2. The first kappa shape index (κ1) is 14.2. The predicted octanol–water partition coefficient (Wildman–Crippen LogP) is 2.00. The normalized spacial score (nSPS) is 10.1. The molecule has 0 radical (unpaired) electrons. The van der Waals surface area contributed by atoms with E-state index in [0.717, 1.165) is 16.8 Å². The fraction of sp³-hybridized carbons (Fsp3) is 0.462. The number of carboxylic acid groups (broad SMARTS) is 1. The van der Waals surface area contributed by atoms with Crippen molar-refractivity contribution in [2.45, 2.75) is 39.7 Å². The van der Waals surface area contributed by atoms with Gasteiger partial charge in [0.05, 0.1) is 5.69 Å². The second-order valence-electron chi connectivity index (χ2n) is 4.18. The molecule has 0 spiro atoms. The number of ether oxygens (including phenoxy) is 1. The van der Waals surface area contributed by atoms with Crippen LogP contribution in [0.4, 0.5) is 0 Å². The summed E-state index contributed by atoms with van der Waals surface area (Å²) >= 11 is 0. The summed E-state index contributed by atoms with van der Waals surface area (Å²) in [6.45, 7) is 3.99. The number of carbonyl (C=O) groups is 2. The lowest BCUT2D eigenvalue weighted by Crippen LogP contribution is -2.07. The summed E-state index contributed by atoms with van der Waals surface area (Å²) in [6.07, 6.45) is 2.13. The Balaban J connectivity index is 2.36. The Morgan fingerprint density at radius 1 is 1.33 bits per heavy atom. The van der Waals surface area contributed by atoms with E-state index >= 15 is 0 Å². The Kier molecular flexibility index (Phi) is 5.30. The van der Waals surface area contributed by atoms with Crippen molar-refractivity contribution in [2.24, 2.45) is 0 Å². The first-order valence-electron chi connectivity index (χ1n) is 5.78. The molecule has 0 amide bonds. The van der Waals surface area contributed by atoms with Gasteiger partial charge >= 0.3 is 11.9 Å². The molecule has 1 aromatic heterocycles. The zero-order valence-corrected chi connectivity index (χ0v) is 10.6. The van der Waals surface area contributed by atoms with Crippen LogP contribution < -0.4 is 0 Å². The molecule has 0 saturated carbocycles. The molecule has 5 heteroatoms. The third-order valence-corrected chi connectivity index (χ3v) is 2.46. The van der Waals surface area contributed by atoms with E-state index in [1.807, 2.05) is 19.9 Å². The number of carboxylic acids is 1. The number of nitrogens with zero attached hydrogens (tertiary/aromatic N) is 1. The SMILES string of the molecule is Cc1cnc(COC(=O)CCCC(=O)O)c(C)c1. The maximum Gasteiger partial charge on any atom is 0.306 e. The largest absolute Gasteiger partial charge is 0.481 e. The second-order valence-corrected chi connectivity index (χ2v) is 4.18. The Morgan fingerprint density at radius 3 is 2.67 bits per heavy atom. The quantitative estimate of drug-likeness (QED) is 0.782. The van der Waals surface area contributed by atoms with Crippen LogP contribution >= 0.6 is 0 Å². The minimum atomic E-state index is -0.904. The molecule has 0 aromatic carbocycles. The molecular formula is C13H17NO4. The van der Waals surface area contributed by atoms with Gasteiger partial charge in [0.25, 0.3) is 0 Å². The average molecular weight is 251 g/mol. The zero-order chi connectivity index (χ0) is 13.5. The van der Waals surface area contributed by atoms with Crippen LogP contribution in [0.3, 0.4) is 0 Å². The summed E-state index contributed by atoms with van der Waals surface area (Å²) < 4.78 is 5.04. The number of hydrogen-bond donors (Lipinski definition) is 1. The van der Waals surface area contributed by atoms with Crippen LogP contribution in [0.2, 0.25) is 0 Å². The van der Waals surface area contributed by atoms with Crippen LogP contribution in [0.5, 0.6) is 0 Å². The highest BCUT2D eigenvalue weighted by Gasteiger charge is 2.07. The summed E-state index contributed by atoms with van der Waals surface area (Å²) in [7, 11) is 0. The second kappa shape index (κ2) is 6.74. The number of esters is 1. The third kappa shape index (κ3) is 4.95. The van der Waals surface area contributed by atoms with Gasteiger partial charge in [-0.3, -0.25) is 14.6 Å². The van der Waals surface area contributed by atoms with Gasteiger partial charge in [0.1, 0.15) is 6.61 Å². The van der Waals surface area contributed by atoms with Gasteiger partial charge in [0, 0.05) is 19.0 Å². The van der Waals surface area contributed by atoms with Crippen molar-refractivity contribution in [2.75, 3.05) is 0 Å². The molecule has 0 fully saturated rings. The van der Waals surface area contributed by atoms with Crippen molar-refractivity contribution in [1.82, 2.24) is 4.98 Å². The van der Waals surface area contributed by atoms with Crippen LogP contribution in [-0.4, -0.2) is 22.0 Å².